The number of carbonyl (C=O) groups excluding carboxylic acids is 1. The number of aromatic nitrogens is 1. The minimum atomic E-state index is -0.401. The quantitative estimate of drug-likeness (QED) is 0.858. The van der Waals surface area contributed by atoms with Crippen LogP contribution in [0.5, 0.6) is 0 Å². The Kier molecular flexibility index (Phi) is 2.82. The van der Waals surface area contributed by atoms with Gasteiger partial charge in [-0.05, 0) is 36.6 Å². The molecule has 1 saturated carbocycles. The largest absolute Gasteiger partial charge is 0.468 e. The summed E-state index contributed by atoms with van der Waals surface area (Å²) in [6.45, 7) is 0.562. The molecular formula is C15H17NO3. The van der Waals surface area contributed by atoms with Crippen molar-refractivity contribution in [3.8, 4) is 0 Å². The number of carbonyl (C=O) groups is 1. The lowest BCUT2D eigenvalue weighted by atomic mass is 9.95. The predicted octanol–water partition coefficient (Wildman–Crippen LogP) is 2.52. The Labute approximate surface area is 111 Å². The first-order chi connectivity index (χ1) is 9.19. The van der Waals surface area contributed by atoms with Gasteiger partial charge in [-0.3, -0.25) is 4.79 Å². The molecule has 1 aromatic carbocycles. The van der Waals surface area contributed by atoms with Crippen molar-refractivity contribution < 1.29 is 14.3 Å². The highest BCUT2D eigenvalue weighted by molar-refractivity contribution is 5.89. The number of methoxy groups -OCH3 is 2. The molecular weight excluding hydrogens is 242 g/mol. The number of benzene rings is 1. The van der Waals surface area contributed by atoms with Crippen LogP contribution in [0.4, 0.5) is 0 Å². The molecule has 0 spiro atoms. The molecule has 1 heterocycles. The van der Waals surface area contributed by atoms with Gasteiger partial charge in [0.1, 0.15) is 0 Å². The molecule has 0 unspecified atom stereocenters. The first kappa shape index (κ1) is 12.2. The summed E-state index contributed by atoms with van der Waals surface area (Å²) in [4.78, 5) is 15.2. The lowest BCUT2D eigenvalue weighted by Gasteiger charge is -2.12. The van der Waals surface area contributed by atoms with Crippen LogP contribution in [0.1, 0.15) is 24.1 Å². The van der Waals surface area contributed by atoms with Crippen molar-refractivity contribution >= 4 is 16.9 Å². The normalized spacial score (nSPS) is 16.5. The van der Waals surface area contributed by atoms with E-state index in [9.17, 15) is 4.79 Å². The summed E-state index contributed by atoms with van der Waals surface area (Å²) in [5.41, 5.74) is 2.76. The van der Waals surface area contributed by atoms with Crippen molar-refractivity contribution in [2.24, 2.45) is 0 Å². The van der Waals surface area contributed by atoms with Gasteiger partial charge in [0.25, 0.3) is 0 Å². The SMILES string of the molecule is COCc1cc2cc(C3(C(=O)OC)CC3)ccc2[nH]1. The number of H-pyrrole nitrogens is 1. The lowest BCUT2D eigenvalue weighted by Crippen LogP contribution is -2.21. The van der Waals surface area contributed by atoms with Crippen LogP contribution in [0.15, 0.2) is 24.3 Å². The van der Waals surface area contributed by atoms with Gasteiger partial charge < -0.3 is 14.5 Å². The highest BCUT2D eigenvalue weighted by atomic mass is 16.5. The molecule has 1 N–H and O–H groups in total. The molecule has 4 nitrogen and oxygen atoms in total. The molecule has 100 valence electrons. The summed E-state index contributed by atoms with van der Waals surface area (Å²) in [5, 5.41) is 1.11. The molecule has 1 aromatic heterocycles. The van der Waals surface area contributed by atoms with Gasteiger partial charge in [-0.15, -0.1) is 0 Å². The number of rotatable bonds is 4. The predicted molar refractivity (Wildman–Crippen MR) is 71.9 cm³/mol. The zero-order valence-corrected chi connectivity index (χ0v) is 11.2. The average Bonchev–Trinajstić information content (AvgIpc) is 3.13. The maximum atomic E-state index is 11.9. The van der Waals surface area contributed by atoms with Crippen LogP contribution in [0.3, 0.4) is 0 Å². The lowest BCUT2D eigenvalue weighted by molar-refractivity contribution is -0.143. The van der Waals surface area contributed by atoms with Crippen molar-refractivity contribution in [2.45, 2.75) is 24.9 Å². The Morgan fingerprint density at radius 3 is 2.74 bits per heavy atom. The molecule has 1 fully saturated rings. The fourth-order valence-electron chi connectivity index (χ4n) is 2.65. The van der Waals surface area contributed by atoms with Crippen LogP contribution in [0.2, 0.25) is 0 Å². The van der Waals surface area contributed by atoms with E-state index in [-0.39, 0.29) is 5.97 Å². The number of nitrogens with one attached hydrogen (secondary N) is 1. The van der Waals surface area contributed by atoms with Crippen LogP contribution in [-0.4, -0.2) is 25.2 Å². The Bertz CT molecular complexity index is 625. The van der Waals surface area contributed by atoms with Crippen molar-refractivity contribution in [1.82, 2.24) is 4.98 Å². The van der Waals surface area contributed by atoms with Gasteiger partial charge in [-0.2, -0.15) is 0 Å². The van der Waals surface area contributed by atoms with Gasteiger partial charge in [0.2, 0.25) is 0 Å². The summed E-state index contributed by atoms with van der Waals surface area (Å²) in [6.07, 6.45) is 1.75. The summed E-state index contributed by atoms with van der Waals surface area (Å²) >= 11 is 0. The van der Waals surface area contributed by atoms with Crippen LogP contribution >= 0.6 is 0 Å². The Hall–Kier alpha value is -1.81. The van der Waals surface area contributed by atoms with Gasteiger partial charge in [-0.1, -0.05) is 6.07 Å². The van der Waals surface area contributed by atoms with Gasteiger partial charge in [0.05, 0.1) is 19.1 Å². The summed E-state index contributed by atoms with van der Waals surface area (Å²) in [5.74, 6) is -0.125. The molecule has 0 bridgehead atoms. The highest BCUT2D eigenvalue weighted by Crippen LogP contribution is 2.49. The average molecular weight is 259 g/mol. The Morgan fingerprint density at radius 1 is 1.32 bits per heavy atom. The van der Waals surface area contributed by atoms with Crippen molar-refractivity contribution in [3.05, 3.63) is 35.5 Å². The smallest absolute Gasteiger partial charge is 0.316 e. The molecule has 0 atom stereocenters. The van der Waals surface area contributed by atoms with E-state index >= 15 is 0 Å². The number of aromatic amines is 1. The third-order valence-corrected chi connectivity index (χ3v) is 3.86. The fraction of sp³-hybridized carbons (Fsp3) is 0.400. The second-order valence-electron chi connectivity index (χ2n) is 5.10. The van der Waals surface area contributed by atoms with E-state index in [1.54, 1.807) is 7.11 Å². The summed E-state index contributed by atoms with van der Waals surface area (Å²) < 4.78 is 10.0. The minimum absolute atomic E-state index is 0.125. The van der Waals surface area contributed by atoms with Crippen molar-refractivity contribution in [3.63, 3.8) is 0 Å². The molecule has 0 aliphatic heterocycles. The first-order valence-electron chi connectivity index (χ1n) is 6.39. The minimum Gasteiger partial charge on any atom is -0.468 e. The Morgan fingerprint density at radius 2 is 2.11 bits per heavy atom. The van der Waals surface area contributed by atoms with Gasteiger partial charge in [0.15, 0.2) is 0 Å². The molecule has 0 amide bonds. The topological polar surface area (TPSA) is 51.3 Å². The van der Waals surface area contributed by atoms with E-state index < -0.39 is 5.41 Å². The van der Waals surface area contributed by atoms with Crippen molar-refractivity contribution in [1.29, 1.82) is 0 Å². The number of ether oxygens (including phenoxy) is 2. The zero-order chi connectivity index (χ0) is 13.5. The maximum absolute atomic E-state index is 11.9. The van der Waals surface area contributed by atoms with Crippen LogP contribution < -0.4 is 0 Å². The van der Waals surface area contributed by atoms with E-state index in [0.717, 1.165) is 35.0 Å². The molecule has 1 aliphatic carbocycles. The third-order valence-electron chi connectivity index (χ3n) is 3.86. The Balaban J connectivity index is 2.00. The van der Waals surface area contributed by atoms with Crippen LogP contribution in [0, 0.1) is 0 Å². The third kappa shape index (κ3) is 1.92. The van der Waals surface area contributed by atoms with E-state index in [1.165, 1.54) is 7.11 Å². The van der Waals surface area contributed by atoms with E-state index in [0.29, 0.717) is 6.61 Å². The summed E-state index contributed by atoms with van der Waals surface area (Å²) in [7, 11) is 3.13. The molecule has 2 aromatic rings. The standard InChI is InChI=1S/C15H17NO3/c1-18-9-12-8-10-7-11(3-4-13(10)16-12)15(5-6-15)14(17)19-2/h3-4,7-8,16H,5-6,9H2,1-2H3. The second-order valence-corrected chi connectivity index (χ2v) is 5.10. The summed E-state index contributed by atoms with van der Waals surface area (Å²) in [6, 6.07) is 8.18. The molecule has 1 aliphatic rings. The van der Waals surface area contributed by atoms with Crippen molar-refractivity contribution in [2.75, 3.05) is 14.2 Å². The number of fused-ring (bicyclic) bond motifs is 1. The van der Waals surface area contributed by atoms with E-state index in [2.05, 4.69) is 17.1 Å². The number of esters is 1. The molecule has 0 saturated heterocycles. The highest BCUT2D eigenvalue weighted by Gasteiger charge is 2.52. The molecule has 3 rings (SSSR count). The number of hydrogen-bond donors (Lipinski definition) is 1. The molecule has 4 heteroatoms. The zero-order valence-electron chi connectivity index (χ0n) is 11.2. The van der Waals surface area contributed by atoms with Gasteiger partial charge >= 0.3 is 5.97 Å². The molecule has 0 radical (unpaired) electrons. The van der Waals surface area contributed by atoms with Gasteiger partial charge in [-0.25, -0.2) is 0 Å². The number of hydrogen-bond acceptors (Lipinski definition) is 3. The van der Waals surface area contributed by atoms with Gasteiger partial charge in [0, 0.05) is 23.7 Å². The second kappa shape index (κ2) is 4.38. The van der Waals surface area contributed by atoms with Crippen LogP contribution in [0.25, 0.3) is 10.9 Å². The maximum Gasteiger partial charge on any atom is 0.316 e. The fourth-order valence-corrected chi connectivity index (χ4v) is 2.65. The van der Waals surface area contributed by atoms with E-state index in [4.69, 9.17) is 9.47 Å². The van der Waals surface area contributed by atoms with E-state index in [1.807, 2.05) is 12.1 Å². The monoisotopic (exact) mass is 259 g/mol. The first-order valence-corrected chi connectivity index (χ1v) is 6.39. The molecule has 19 heavy (non-hydrogen) atoms. The van der Waals surface area contributed by atoms with Crippen LogP contribution in [-0.2, 0) is 26.3 Å².